The summed E-state index contributed by atoms with van der Waals surface area (Å²) >= 11 is 8.37. The number of para-hydroxylation sites is 1. The number of nitrogens with one attached hydrogen (secondary N) is 1. The SMILES string of the molecule is CSc1cccc(N2C(=O)/C(=C/c3ccc(OCC(=O)Nc4ccccc4C)cc3)SC2=S)c1. The van der Waals surface area contributed by atoms with E-state index < -0.39 is 0 Å². The molecule has 1 saturated heterocycles. The highest BCUT2D eigenvalue weighted by molar-refractivity contribution is 8.27. The molecule has 3 aromatic carbocycles. The van der Waals surface area contributed by atoms with Crippen LogP contribution in [0.25, 0.3) is 6.08 Å². The largest absolute Gasteiger partial charge is 0.484 e. The van der Waals surface area contributed by atoms with Crippen LogP contribution < -0.4 is 15.0 Å². The zero-order valence-corrected chi connectivity index (χ0v) is 21.1. The van der Waals surface area contributed by atoms with Gasteiger partial charge in [0.2, 0.25) is 0 Å². The maximum absolute atomic E-state index is 13.0. The second kappa shape index (κ2) is 10.9. The molecule has 8 heteroatoms. The molecule has 1 heterocycles. The predicted molar refractivity (Wildman–Crippen MR) is 146 cm³/mol. The lowest BCUT2D eigenvalue weighted by atomic mass is 10.2. The number of anilines is 2. The third-order valence-corrected chi connectivity index (χ3v) is 7.10. The van der Waals surface area contributed by atoms with Crippen molar-refractivity contribution in [2.45, 2.75) is 11.8 Å². The van der Waals surface area contributed by atoms with Crippen LogP contribution >= 0.6 is 35.7 Å². The van der Waals surface area contributed by atoms with Crippen molar-refractivity contribution < 1.29 is 14.3 Å². The molecular formula is C26H22N2O3S3. The lowest BCUT2D eigenvalue weighted by molar-refractivity contribution is -0.118. The predicted octanol–water partition coefficient (Wildman–Crippen LogP) is 6.14. The van der Waals surface area contributed by atoms with Crippen molar-refractivity contribution in [1.82, 2.24) is 0 Å². The van der Waals surface area contributed by atoms with E-state index in [1.54, 1.807) is 28.8 Å². The number of ether oxygens (including phenoxy) is 1. The first kappa shape index (κ1) is 24.1. The number of carbonyl (C=O) groups is 2. The Labute approximate surface area is 212 Å². The summed E-state index contributed by atoms with van der Waals surface area (Å²) in [6.07, 6.45) is 3.81. The Balaban J connectivity index is 1.38. The molecule has 1 aliphatic heterocycles. The zero-order chi connectivity index (χ0) is 24.1. The summed E-state index contributed by atoms with van der Waals surface area (Å²) < 4.78 is 6.11. The van der Waals surface area contributed by atoms with E-state index in [1.165, 1.54) is 11.8 Å². The number of amides is 2. The van der Waals surface area contributed by atoms with E-state index in [-0.39, 0.29) is 18.4 Å². The van der Waals surface area contributed by atoms with Crippen molar-refractivity contribution in [1.29, 1.82) is 0 Å². The monoisotopic (exact) mass is 506 g/mol. The molecule has 0 saturated carbocycles. The number of carbonyl (C=O) groups excluding carboxylic acids is 2. The van der Waals surface area contributed by atoms with Crippen LogP contribution in [0.15, 0.2) is 82.6 Å². The molecule has 172 valence electrons. The normalized spacial score (nSPS) is 14.5. The Hall–Kier alpha value is -3.07. The number of hydrogen-bond acceptors (Lipinski definition) is 6. The van der Waals surface area contributed by atoms with Gasteiger partial charge in [-0.05, 0) is 66.8 Å². The Morgan fingerprint density at radius 2 is 1.88 bits per heavy atom. The van der Waals surface area contributed by atoms with E-state index in [4.69, 9.17) is 17.0 Å². The highest BCUT2D eigenvalue weighted by Crippen LogP contribution is 2.37. The maximum atomic E-state index is 13.0. The summed E-state index contributed by atoms with van der Waals surface area (Å²) in [6, 6.07) is 22.6. The molecule has 2 amide bonds. The van der Waals surface area contributed by atoms with Gasteiger partial charge < -0.3 is 10.1 Å². The summed E-state index contributed by atoms with van der Waals surface area (Å²) in [7, 11) is 0. The molecule has 0 aromatic heterocycles. The van der Waals surface area contributed by atoms with E-state index in [0.717, 1.165) is 27.4 Å². The molecular weight excluding hydrogens is 484 g/mol. The second-order valence-corrected chi connectivity index (χ2v) is 9.99. The van der Waals surface area contributed by atoms with Gasteiger partial charge >= 0.3 is 0 Å². The molecule has 1 N–H and O–H groups in total. The van der Waals surface area contributed by atoms with Gasteiger partial charge in [-0.15, -0.1) is 11.8 Å². The fraction of sp³-hybridized carbons (Fsp3) is 0.115. The van der Waals surface area contributed by atoms with Crippen LogP contribution in [0, 0.1) is 6.92 Å². The van der Waals surface area contributed by atoms with Crippen molar-refractivity contribution >= 4 is 69.3 Å². The summed E-state index contributed by atoms with van der Waals surface area (Å²) in [5.41, 5.74) is 3.37. The van der Waals surface area contributed by atoms with Gasteiger partial charge in [0, 0.05) is 10.6 Å². The minimum absolute atomic E-state index is 0.0958. The second-order valence-electron chi connectivity index (χ2n) is 7.44. The van der Waals surface area contributed by atoms with E-state index in [0.29, 0.717) is 15.0 Å². The molecule has 0 atom stereocenters. The Morgan fingerprint density at radius 1 is 1.12 bits per heavy atom. The number of thioether (sulfide) groups is 2. The maximum Gasteiger partial charge on any atom is 0.270 e. The average molecular weight is 507 g/mol. The molecule has 34 heavy (non-hydrogen) atoms. The third kappa shape index (κ3) is 5.70. The van der Waals surface area contributed by atoms with Crippen LogP contribution in [0.4, 0.5) is 11.4 Å². The third-order valence-electron chi connectivity index (χ3n) is 5.07. The van der Waals surface area contributed by atoms with Crippen molar-refractivity contribution in [2.75, 3.05) is 23.1 Å². The van der Waals surface area contributed by atoms with E-state index in [1.807, 2.05) is 79.9 Å². The molecule has 4 rings (SSSR count). The van der Waals surface area contributed by atoms with Crippen LogP contribution in [-0.2, 0) is 9.59 Å². The Bertz CT molecular complexity index is 1270. The lowest BCUT2D eigenvalue weighted by Crippen LogP contribution is -2.27. The van der Waals surface area contributed by atoms with Crippen LogP contribution in [0.3, 0.4) is 0 Å². The molecule has 3 aromatic rings. The number of nitrogens with zero attached hydrogens (tertiary/aromatic N) is 1. The van der Waals surface area contributed by atoms with E-state index in [9.17, 15) is 9.59 Å². The Kier molecular flexibility index (Phi) is 7.72. The zero-order valence-electron chi connectivity index (χ0n) is 18.6. The van der Waals surface area contributed by atoms with Gasteiger partial charge in [0.25, 0.3) is 11.8 Å². The Morgan fingerprint density at radius 3 is 2.62 bits per heavy atom. The minimum atomic E-state index is -0.229. The van der Waals surface area contributed by atoms with Crippen LogP contribution in [-0.4, -0.2) is 29.0 Å². The molecule has 1 aliphatic rings. The van der Waals surface area contributed by atoms with Gasteiger partial charge in [-0.3, -0.25) is 14.5 Å². The quantitative estimate of drug-likeness (QED) is 0.236. The standard InChI is InChI=1S/C26H22N2O3S3/c1-17-6-3-4-9-22(17)27-24(29)16-31-20-12-10-18(11-13-20)14-23-25(30)28(26(32)34-23)19-7-5-8-21(15-19)33-2/h3-15H,16H2,1-2H3,(H,27,29)/b23-14-. The van der Waals surface area contributed by atoms with Gasteiger partial charge in [-0.2, -0.15) is 0 Å². The van der Waals surface area contributed by atoms with Gasteiger partial charge in [-0.25, -0.2) is 0 Å². The topological polar surface area (TPSA) is 58.6 Å². The number of hydrogen-bond donors (Lipinski definition) is 1. The first-order valence-electron chi connectivity index (χ1n) is 10.4. The molecule has 0 spiro atoms. The van der Waals surface area contributed by atoms with Gasteiger partial charge in [-0.1, -0.05) is 60.4 Å². The van der Waals surface area contributed by atoms with Crippen molar-refractivity contribution in [3.63, 3.8) is 0 Å². The summed E-state index contributed by atoms with van der Waals surface area (Å²) in [5, 5.41) is 2.84. The molecule has 1 fully saturated rings. The van der Waals surface area contributed by atoms with E-state index in [2.05, 4.69) is 5.32 Å². The summed E-state index contributed by atoms with van der Waals surface area (Å²) in [4.78, 5) is 28.4. The molecule has 0 bridgehead atoms. The highest BCUT2D eigenvalue weighted by atomic mass is 32.2. The van der Waals surface area contributed by atoms with Gasteiger partial charge in [0.1, 0.15) is 5.75 Å². The van der Waals surface area contributed by atoms with Crippen molar-refractivity contribution in [3.05, 3.63) is 88.8 Å². The first-order chi connectivity index (χ1) is 16.4. The lowest BCUT2D eigenvalue weighted by Gasteiger charge is -2.15. The number of benzene rings is 3. The summed E-state index contributed by atoms with van der Waals surface area (Å²) in [5.74, 6) is 0.201. The van der Waals surface area contributed by atoms with Gasteiger partial charge in [0.05, 0.1) is 10.6 Å². The highest BCUT2D eigenvalue weighted by Gasteiger charge is 2.33. The first-order valence-corrected chi connectivity index (χ1v) is 12.9. The van der Waals surface area contributed by atoms with Crippen LogP contribution in [0.5, 0.6) is 5.75 Å². The fourth-order valence-electron chi connectivity index (χ4n) is 3.30. The minimum Gasteiger partial charge on any atom is -0.484 e. The summed E-state index contributed by atoms with van der Waals surface area (Å²) in [6.45, 7) is 1.84. The van der Waals surface area contributed by atoms with Crippen LogP contribution in [0.1, 0.15) is 11.1 Å². The smallest absolute Gasteiger partial charge is 0.270 e. The van der Waals surface area contributed by atoms with Gasteiger partial charge in [0.15, 0.2) is 10.9 Å². The number of aryl methyl sites for hydroxylation is 1. The molecule has 5 nitrogen and oxygen atoms in total. The van der Waals surface area contributed by atoms with Crippen LogP contribution in [0.2, 0.25) is 0 Å². The fourth-order valence-corrected chi connectivity index (χ4v) is 5.05. The number of rotatable bonds is 7. The van der Waals surface area contributed by atoms with Crippen molar-refractivity contribution in [2.24, 2.45) is 0 Å². The molecule has 0 aliphatic carbocycles. The average Bonchev–Trinajstić information content (AvgIpc) is 3.12. The molecule has 0 radical (unpaired) electrons. The van der Waals surface area contributed by atoms with Crippen molar-refractivity contribution in [3.8, 4) is 5.75 Å². The van der Waals surface area contributed by atoms with E-state index >= 15 is 0 Å². The number of thiocarbonyl (C=S) groups is 1. The molecule has 0 unspecified atom stereocenters.